The lowest BCUT2D eigenvalue weighted by Gasteiger charge is -2.42. The molecule has 1 aliphatic carbocycles. The Balaban J connectivity index is 1.32. The van der Waals surface area contributed by atoms with Crippen molar-refractivity contribution in [2.45, 2.75) is 31.7 Å². The SMILES string of the molecule is CC(NC(=O)c1ccn(C)c(=O)c1)C1CN(C(=O)c2ncoc2C2CC2)C1. The number of pyridine rings is 1. The summed E-state index contributed by atoms with van der Waals surface area (Å²) >= 11 is 0. The summed E-state index contributed by atoms with van der Waals surface area (Å²) in [4.78, 5) is 42.4. The number of likely N-dealkylation sites (tertiary alicyclic amines) is 1. The van der Waals surface area contributed by atoms with E-state index in [1.165, 1.54) is 17.0 Å². The van der Waals surface area contributed by atoms with Crippen molar-refractivity contribution in [2.75, 3.05) is 13.1 Å². The van der Waals surface area contributed by atoms with Gasteiger partial charge in [0.2, 0.25) is 0 Å². The monoisotopic (exact) mass is 370 g/mol. The van der Waals surface area contributed by atoms with Crippen LogP contribution >= 0.6 is 0 Å². The van der Waals surface area contributed by atoms with Crippen LogP contribution in [0.3, 0.4) is 0 Å². The standard InChI is InChI=1S/C19H22N4O4/c1-11(21-18(25)13-5-6-22(2)15(24)7-13)14-8-23(9-14)19(26)16-17(12-3-4-12)27-10-20-16/h5-7,10-12,14H,3-4,8-9H2,1-2H3,(H,21,25). The van der Waals surface area contributed by atoms with Crippen molar-refractivity contribution in [1.29, 1.82) is 0 Å². The van der Waals surface area contributed by atoms with Crippen LogP contribution in [0.15, 0.2) is 33.9 Å². The summed E-state index contributed by atoms with van der Waals surface area (Å²) < 4.78 is 6.79. The molecule has 2 aromatic heterocycles. The molecule has 8 nitrogen and oxygen atoms in total. The number of carbonyl (C=O) groups excluding carboxylic acids is 2. The van der Waals surface area contributed by atoms with Crippen molar-refractivity contribution in [3.63, 3.8) is 0 Å². The van der Waals surface area contributed by atoms with Gasteiger partial charge in [-0.15, -0.1) is 0 Å². The zero-order chi connectivity index (χ0) is 19.1. The van der Waals surface area contributed by atoms with Gasteiger partial charge in [-0.3, -0.25) is 14.4 Å². The number of carbonyl (C=O) groups is 2. The molecule has 8 heteroatoms. The van der Waals surface area contributed by atoms with Crippen molar-refractivity contribution in [3.05, 3.63) is 52.1 Å². The number of amides is 2. The Morgan fingerprint density at radius 1 is 1.33 bits per heavy atom. The Hall–Kier alpha value is -2.90. The van der Waals surface area contributed by atoms with Gasteiger partial charge in [-0.05, 0) is 25.8 Å². The minimum atomic E-state index is -0.280. The van der Waals surface area contributed by atoms with Crippen LogP contribution in [0.4, 0.5) is 0 Å². The molecule has 1 aliphatic heterocycles. The number of hydrogen-bond donors (Lipinski definition) is 1. The molecule has 1 saturated carbocycles. The van der Waals surface area contributed by atoms with Crippen molar-refractivity contribution >= 4 is 11.8 Å². The first-order chi connectivity index (χ1) is 12.9. The third kappa shape index (κ3) is 3.39. The number of nitrogens with one attached hydrogen (secondary N) is 1. The van der Waals surface area contributed by atoms with Gasteiger partial charge in [0.1, 0.15) is 5.76 Å². The fourth-order valence-corrected chi connectivity index (χ4v) is 3.29. The summed E-state index contributed by atoms with van der Waals surface area (Å²) in [6.45, 7) is 3.04. The minimum absolute atomic E-state index is 0.105. The third-order valence-electron chi connectivity index (χ3n) is 5.37. The molecule has 1 unspecified atom stereocenters. The van der Waals surface area contributed by atoms with Crippen LogP contribution in [0, 0.1) is 5.92 Å². The number of rotatable bonds is 5. The molecule has 0 bridgehead atoms. The molecule has 1 atom stereocenters. The molecule has 2 aromatic rings. The van der Waals surface area contributed by atoms with Crippen LogP contribution in [-0.2, 0) is 7.05 Å². The Morgan fingerprint density at radius 3 is 2.74 bits per heavy atom. The molecule has 1 saturated heterocycles. The predicted octanol–water partition coefficient (Wildman–Crippen LogP) is 1.14. The van der Waals surface area contributed by atoms with Crippen molar-refractivity contribution < 1.29 is 14.0 Å². The largest absolute Gasteiger partial charge is 0.447 e. The van der Waals surface area contributed by atoms with Gasteiger partial charge in [-0.2, -0.15) is 0 Å². The number of aromatic nitrogens is 2. The van der Waals surface area contributed by atoms with E-state index in [4.69, 9.17) is 4.42 Å². The van der Waals surface area contributed by atoms with Gasteiger partial charge in [0.05, 0.1) is 0 Å². The topological polar surface area (TPSA) is 97.4 Å². The van der Waals surface area contributed by atoms with Crippen molar-refractivity contribution in [2.24, 2.45) is 13.0 Å². The maximum Gasteiger partial charge on any atom is 0.276 e. The lowest BCUT2D eigenvalue weighted by molar-refractivity contribution is 0.0423. The second-order valence-electron chi connectivity index (χ2n) is 7.44. The van der Waals surface area contributed by atoms with Crippen molar-refractivity contribution in [1.82, 2.24) is 19.8 Å². The van der Waals surface area contributed by atoms with E-state index in [0.29, 0.717) is 36.0 Å². The minimum Gasteiger partial charge on any atom is -0.447 e. The highest BCUT2D eigenvalue weighted by atomic mass is 16.3. The average molecular weight is 370 g/mol. The van der Waals surface area contributed by atoms with Gasteiger partial charge in [0.25, 0.3) is 17.4 Å². The van der Waals surface area contributed by atoms with E-state index in [9.17, 15) is 14.4 Å². The highest BCUT2D eigenvalue weighted by Gasteiger charge is 2.39. The Bertz CT molecular complexity index is 937. The highest BCUT2D eigenvalue weighted by Crippen LogP contribution is 2.42. The van der Waals surface area contributed by atoms with E-state index in [1.807, 2.05) is 6.92 Å². The van der Waals surface area contributed by atoms with Gasteiger partial charge >= 0.3 is 0 Å². The van der Waals surface area contributed by atoms with E-state index in [1.54, 1.807) is 24.2 Å². The highest BCUT2D eigenvalue weighted by molar-refractivity contribution is 5.95. The zero-order valence-corrected chi connectivity index (χ0v) is 15.3. The number of oxazole rings is 1. The van der Waals surface area contributed by atoms with E-state index >= 15 is 0 Å². The normalized spacial score (nSPS) is 18.1. The van der Waals surface area contributed by atoms with Crippen LogP contribution in [0.5, 0.6) is 0 Å². The van der Waals surface area contributed by atoms with E-state index < -0.39 is 0 Å². The molecular formula is C19H22N4O4. The fourth-order valence-electron chi connectivity index (χ4n) is 3.29. The quantitative estimate of drug-likeness (QED) is 0.851. The van der Waals surface area contributed by atoms with E-state index in [0.717, 1.165) is 12.8 Å². The summed E-state index contributed by atoms with van der Waals surface area (Å²) in [6.07, 6.45) is 5.00. The fraction of sp³-hybridized carbons (Fsp3) is 0.474. The van der Waals surface area contributed by atoms with Gasteiger partial charge in [-0.1, -0.05) is 0 Å². The van der Waals surface area contributed by atoms with Crippen LogP contribution in [0.1, 0.15) is 52.3 Å². The maximum atomic E-state index is 12.6. The average Bonchev–Trinajstić information content (AvgIpc) is 3.32. The molecule has 142 valence electrons. The molecular weight excluding hydrogens is 348 g/mol. The van der Waals surface area contributed by atoms with Gasteiger partial charge < -0.3 is 19.2 Å². The second-order valence-corrected chi connectivity index (χ2v) is 7.44. The third-order valence-corrected chi connectivity index (χ3v) is 5.37. The molecule has 0 aromatic carbocycles. The molecule has 4 rings (SSSR count). The van der Waals surface area contributed by atoms with E-state index in [2.05, 4.69) is 10.3 Å². The summed E-state index contributed by atoms with van der Waals surface area (Å²) in [6, 6.07) is 2.83. The lowest BCUT2D eigenvalue weighted by Crippen LogP contribution is -2.57. The Morgan fingerprint density at radius 2 is 2.07 bits per heavy atom. The number of nitrogens with zero attached hydrogens (tertiary/aromatic N) is 3. The Kier molecular flexibility index (Phi) is 4.33. The maximum absolute atomic E-state index is 12.6. The molecule has 3 heterocycles. The number of aryl methyl sites for hydroxylation is 1. The lowest BCUT2D eigenvalue weighted by atomic mass is 9.92. The first-order valence-corrected chi connectivity index (χ1v) is 9.14. The molecule has 2 aliphatic rings. The summed E-state index contributed by atoms with van der Waals surface area (Å²) in [5.41, 5.74) is 0.538. The van der Waals surface area contributed by atoms with Crippen LogP contribution in [0.2, 0.25) is 0 Å². The zero-order valence-electron chi connectivity index (χ0n) is 15.3. The first kappa shape index (κ1) is 17.5. The predicted molar refractivity (Wildman–Crippen MR) is 96.5 cm³/mol. The Labute approximate surface area is 156 Å². The summed E-state index contributed by atoms with van der Waals surface area (Å²) in [5.74, 6) is 0.820. The second kappa shape index (κ2) is 6.68. The smallest absolute Gasteiger partial charge is 0.276 e. The van der Waals surface area contributed by atoms with E-state index in [-0.39, 0.29) is 29.3 Å². The molecule has 27 heavy (non-hydrogen) atoms. The van der Waals surface area contributed by atoms with Gasteiger partial charge in [0, 0.05) is 55.8 Å². The summed E-state index contributed by atoms with van der Waals surface area (Å²) in [5, 5.41) is 2.92. The number of hydrogen-bond acceptors (Lipinski definition) is 5. The molecule has 0 spiro atoms. The van der Waals surface area contributed by atoms with Crippen LogP contribution < -0.4 is 10.9 Å². The molecule has 2 fully saturated rings. The van der Waals surface area contributed by atoms with Gasteiger partial charge in [-0.25, -0.2) is 4.98 Å². The van der Waals surface area contributed by atoms with Crippen molar-refractivity contribution in [3.8, 4) is 0 Å². The molecule has 1 N–H and O–H groups in total. The van der Waals surface area contributed by atoms with Crippen LogP contribution in [0.25, 0.3) is 0 Å². The summed E-state index contributed by atoms with van der Waals surface area (Å²) in [7, 11) is 1.64. The first-order valence-electron chi connectivity index (χ1n) is 9.14. The van der Waals surface area contributed by atoms with Gasteiger partial charge in [0.15, 0.2) is 12.1 Å². The molecule has 0 radical (unpaired) electrons. The molecule has 2 amide bonds. The van der Waals surface area contributed by atoms with Crippen LogP contribution in [-0.4, -0.2) is 45.4 Å².